The fourth-order valence-corrected chi connectivity index (χ4v) is 3.05. The van der Waals surface area contributed by atoms with Crippen LogP contribution in [0.15, 0.2) is 0 Å². The Labute approximate surface area is 203 Å². The van der Waals surface area contributed by atoms with Gasteiger partial charge < -0.3 is 28.9 Å². The Kier molecular flexibility index (Phi) is 11.6. The van der Waals surface area contributed by atoms with Gasteiger partial charge in [-0.05, 0) is 68.2 Å². The van der Waals surface area contributed by atoms with Crippen LogP contribution < -0.4 is 0 Å². The van der Waals surface area contributed by atoms with Crippen molar-refractivity contribution in [2.24, 2.45) is 0 Å². The van der Waals surface area contributed by atoms with Crippen LogP contribution in [0.2, 0.25) is 0 Å². The Morgan fingerprint density at radius 3 is 2.06 bits per heavy atom. The summed E-state index contributed by atoms with van der Waals surface area (Å²) in [4.78, 5) is 40.8. The highest BCUT2D eigenvalue weighted by Gasteiger charge is 2.39. The van der Waals surface area contributed by atoms with E-state index in [1.807, 2.05) is 41.5 Å². The van der Waals surface area contributed by atoms with Crippen molar-refractivity contribution in [2.45, 2.75) is 110 Å². The van der Waals surface area contributed by atoms with Crippen molar-refractivity contribution >= 4 is 17.8 Å². The first kappa shape index (κ1) is 30.4. The van der Waals surface area contributed by atoms with E-state index in [9.17, 15) is 19.5 Å². The molecule has 34 heavy (non-hydrogen) atoms. The molecule has 1 unspecified atom stereocenters. The van der Waals surface area contributed by atoms with Gasteiger partial charge in [0, 0.05) is 19.4 Å². The topological polar surface area (TPSA) is 121 Å². The van der Waals surface area contributed by atoms with Crippen LogP contribution in [0.5, 0.6) is 0 Å². The molecule has 0 bridgehead atoms. The van der Waals surface area contributed by atoms with Gasteiger partial charge in [-0.15, -0.1) is 5.06 Å². The molecule has 1 atom stereocenters. The maximum atomic E-state index is 12.5. The van der Waals surface area contributed by atoms with Gasteiger partial charge in [-0.1, -0.05) is 0 Å². The minimum Gasteiger partial charge on any atom is -0.396 e. The summed E-state index contributed by atoms with van der Waals surface area (Å²) in [6.07, 6.45) is 0.693. The van der Waals surface area contributed by atoms with Gasteiger partial charge in [0.05, 0.1) is 37.1 Å². The zero-order valence-electron chi connectivity index (χ0n) is 22.0. The number of carbonyl (C=O) groups excluding carboxylic acids is 3. The summed E-state index contributed by atoms with van der Waals surface area (Å²) in [5, 5.41) is 9.73. The SMILES string of the molecule is CC(C)OCC(COC(C)(C)CCO)OC(C)(C)CCOC(C)(C)C(=O)ON1C(=O)CCC1=O. The molecule has 0 aliphatic carbocycles. The fraction of sp³-hybridized carbons (Fsp3) is 0.875. The number of aliphatic hydroxyl groups is 1. The smallest absolute Gasteiger partial charge is 0.364 e. The summed E-state index contributed by atoms with van der Waals surface area (Å²) in [5.41, 5.74) is -2.49. The van der Waals surface area contributed by atoms with Crippen molar-refractivity contribution in [3.8, 4) is 0 Å². The zero-order chi connectivity index (χ0) is 26.2. The number of amides is 2. The monoisotopic (exact) mass is 489 g/mol. The van der Waals surface area contributed by atoms with E-state index < -0.39 is 34.6 Å². The standard InChI is InChI=1S/C24H43NO9/c1-17(2)30-15-18(16-32-22(3,4)11-13-26)33-23(5,6)12-14-31-24(7,8)21(29)34-25-19(27)9-10-20(25)28/h17-18,26H,9-16H2,1-8H3. The molecular weight excluding hydrogens is 446 g/mol. The molecule has 198 valence electrons. The second-order valence-corrected chi connectivity index (χ2v) is 10.5. The average molecular weight is 490 g/mol. The first-order valence-electron chi connectivity index (χ1n) is 11.8. The Balaban J connectivity index is 2.62. The van der Waals surface area contributed by atoms with Crippen molar-refractivity contribution in [1.82, 2.24) is 5.06 Å². The molecule has 0 aromatic heterocycles. The third kappa shape index (κ3) is 10.8. The predicted octanol–water partition coefficient (Wildman–Crippen LogP) is 2.55. The van der Waals surface area contributed by atoms with E-state index in [2.05, 4.69) is 0 Å². The summed E-state index contributed by atoms with van der Waals surface area (Å²) in [7, 11) is 0. The van der Waals surface area contributed by atoms with Gasteiger partial charge in [0.2, 0.25) is 0 Å². The average Bonchev–Trinajstić information content (AvgIpc) is 3.01. The number of carbonyl (C=O) groups is 3. The maximum absolute atomic E-state index is 12.5. The van der Waals surface area contributed by atoms with E-state index in [1.165, 1.54) is 13.8 Å². The molecule has 1 saturated heterocycles. The lowest BCUT2D eigenvalue weighted by Gasteiger charge is -2.34. The highest BCUT2D eigenvalue weighted by atomic mass is 16.7. The van der Waals surface area contributed by atoms with Crippen molar-refractivity contribution in [2.75, 3.05) is 26.4 Å². The lowest BCUT2D eigenvalue weighted by atomic mass is 10.0. The number of rotatable bonds is 16. The molecule has 0 aromatic rings. The van der Waals surface area contributed by atoms with E-state index in [1.54, 1.807) is 0 Å². The normalized spacial score (nSPS) is 16.5. The molecule has 1 aliphatic rings. The summed E-state index contributed by atoms with van der Waals surface area (Å²) in [6.45, 7) is 15.4. The van der Waals surface area contributed by atoms with Gasteiger partial charge in [-0.3, -0.25) is 9.59 Å². The molecule has 10 nitrogen and oxygen atoms in total. The summed E-state index contributed by atoms with van der Waals surface area (Å²) >= 11 is 0. The molecular formula is C24H43NO9. The largest absolute Gasteiger partial charge is 0.396 e. The molecule has 2 amide bonds. The third-order valence-corrected chi connectivity index (χ3v) is 5.31. The van der Waals surface area contributed by atoms with Crippen LogP contribution in [0.3, 0.4) is 0 Å². The highest BCUT2D eigenvalue weighted by molar-refractivity contribution is 6.01. The Bertz CT molecular complexity index is 672. The molecule has 0 radical (unpaired) electrons. The number of hydrogen-bond donors (Lipinski definition) is 1. The summed E-state index contributed by atoms with van der Waals surface area (Å²) in [5.74, 6) is -1.90. The predicted molar refractivity (Wildman–Crippen MR) is 124 cm³/mol. The summed E-state index contributed by atoms with van der Waals surface area (Å²) in [6, 6.07) is 0. The van der Waals surface area contributed by atoms with Crippen LogP contribution >= 0.6 is 0 Å². The van der Waals surface area contributed by atoms with Crippen LogP contribution in [0.4, 0.5) is 0 Å². The number of imide groups is 1. The first-order valence-corrected chi connectivity index (χ1v) is 11.8. The lowest BCUT2D eigenvalue weighted by Crippen LogP contribution is -2.44. The zero-order valence-corrected chi connectivity index (χ0v) is 22.0. The number of hydrogen-bond acceptors (Lipinski definition) is 9. The second-order valence-electron chi connectivity index (χ2n) is 10.5. The number of nitrogens with zero attached hydrogens (tertiary/aromatic N) is 1. The van der Waals surface area contributed by atoms with Crippen molar-refractivity contribution < 1.29 is 43.3 Å². The molecule has 1 N–H and O–H groups in total. The van der Waals surface area contributed by atoms with Crippen LogP contribution in [-0.2, 0) is 38.2 Å². The van der Waals surface area contributed by atoms with Crippen LogP contribution in [-0.4, -0.2) is 83.4 Å². The van der Waals surface area contributed by atoms with Crippen molar-refractivity contribution in [3.05, 3.63) is 0 Å². The van der Waals surface area contributed by atoms with Crippen LogP contribution in [0.1, 0.15) is 81.1 Å². The third-order valence-electron chi connectivity index (χ3n) is 5.31. The maximum Gasteiger partial charge on any atom is 0.364 e. The Morgan fingerprint density at radius 2 is 1.53 bits per heavy atom. The van der Waals surface area contributed by atoms with Crippen molar-refractivity contribution in [3.63, 3.8) is 0 Å². The quantitative estimate of drug-likeness (QED) is 0.326. The molecule has 0 aromatic carbocycles. The van der Waals surface area contributed by atoms with Crippen LogP contribution in [0, 0.1) is 0 Å². The molecule has 1 fully saturated rings. The first-order chi connectivity index (χ1) is 15.6. The van der Waals surface area contributed by atoms with Gasteiger partial charge in [-0.25, -0.2) is 4.79 Å². The molecule has 1 heterocycles. The second kappa shape index (κ2) is 12.9. The minimum absolute atomic E-state index is 0.0293. The van der Waals surface area contributed by atoms with Gasteiger partial charge in [-0.2, -0.15) is 0 Å². The number of ether oxygens (including phenoxy) is 4. The van der Waals surface area contributed by atoms with Gasteiger partial charge in [0.1, 0.15) is 6.10 Å². The lowest BCUT2D eigenvalue weighted by molar-refractivity contribution is -0.213. The van der Waals surface area contributed by atoms with E-state index in [0.717, 1.165) is 0 Å². The highest BCUT2D eigenvalue weighted by Crippen LogP contribution is 2.23. The molecule has 1 aliphatic heterocycles. The van der Waals surface area contributed by atoms with E-state index >= 15 is 0 Å². The minimum atomic E-state index is -1.36. The van der Waals surface area contributed by atoms with E-state index in [4.69, 9.17) is 23.8 Å². The van der Waals surface area contributed by atoms with Crippen LogP contribution in [0.25, 0.3) is 0 Å². The number of aliphatic hydroxyl groups excluding tert-OH is 1. The molecule has 0 spiro atoms. The fourth-order valence-electron chi connectivity index (χ4n) is 3.05. The van der Waals surface area contributed by atoms with E-state index in [0.29, 0.717) is 31.1 Å². The molecule has 0 saturated carbocycles. The van der Waals surface area contributed by atoms with Gasteiger partial charge >= 0.3 is 5.97 Å². The molecule has 1 rings (SSSR count). The molecule has 10 heteroatoms. The Hall–Kier alpha value is -1.59. The number of hydroxylamine groups is 2. The van der Waals surface area contributed by atoms with Crippen molar-refractivity contribution in [1.29, 1.82) is 0 Å². The summed E-state index contributed by atoms with van der Waals surface area (Å²) < 4.78 is 23.7. The van der Waals surface area contributed by atoms with Gasteiger partial charge in [0.25, 0.3) is 11.8 Å². The van der Waals surface area contributed by atoms with E-state index in [-0.39, 0.29) is 38.3 Å². The Morgan fingerprint density at radius 1 is 0.941 bits per heavy atom. The van der Waals surface area contributed by atoms with Gasteiger partial charge in [0.15, 0.2) is 5.60 Å².